The molecule has 1 aliphatic heterocycles. The van der Waals surface area contributed by atoms with E-state index >= 15 is 0 Å². The first-order chi connectivity index (χ1) is 16.1. The number of ether oxygens (including phenoxy) is 1. The molecule has 0 bridgehead atoms. The van der Waals surface area contributed by atoms with Crippen molar-refractivity contribution in [2.45, 2.75) is 130 Å². The molecule has 198 valence electrons. The lowest BCUT2D eigenvalue weighted by molar-refractivity contribution is -0.176. The maximum absolute atomic E-state index is 12.1. The van der Waals surface area contributed by atoms with Gasteiger partial charge >= 0.3 is 0 Å². The summed E-state index contributed by atoms with van der Waals surface area (Å²) in [5, 5.41) is 44.3. The van der Waals surface area contributed by atoms with Gasteiger partial charge in [-0.1, -0.05) is 34.6 Å². The molecule has 0 saturated heterocycles. The second-order valence-corrected chi connectivity index (χ2v) is 15.2. The Balaban J connectivity index is 1.38. The molecule has 0 aromatic carbocycles. The van der Waals surface area contributed by atoms with Gasteiger partial charge in [-0.05, 0) is 105 Å². The number of allylic oxidation sites excluding steroid dienone is 1. The second-order valence-electron chi connectivity index (χ2n) is 15.2. The van der Waals surface area contributed by atoms with Gasteiger partial charge in [0.1, 0.15) is 24.1 Å². The van der Waals surface area contributed by atoms with Crippen molar-refractivity contribution in [1.29, 1.82) is 0 Å². The predicted molar refractivity (Wildman–Crippen MR) is 134 cm³/mol. The summed E-state index contributed by atoms with van der Waals surface area (Å²) in [6.07, 6.45) is 6.06. The van der Waals surface area contributed by atoms with Crippen molar-refractivity contribution in [1.82, 2.24) is 0 Å². The second kappa shape index (κ2) is 6.87. The summed E-state index contributed by atoms with van der Waals surface area (Å²) in [5.74, 6) is 1.90. The SMILES string of the molecule is C[C@@H]1C[C@H]([C@H](O)C(C)(C)O)OC2=C1[C@@]1(C)CCC34C[C@@]35CC[C@H](O)C(C)(C)[C@@H]5CC[C@H]4[C@]1(C)[C@H]2O. The Morgan fingerprint density at radius 1 is 0.943 bits per heavy atom. The molecule has 5 aliphatic carbocycles. The maximum Gasteiger partial charge on any atom is 0.128 e. The van der Waals surface area contributed by atoms with Crippen LogP contribution in [0.3, 0.4) is 0 Å². The zero-order valence-corrected chi connectivity index (χ0v) is 22.9. The third-order valence-electron chi connectivity index (χ3n) is 13.3. The molecule has 0 amide bonds. The van der Waals surface area contributed by atoms with Crippen LogP contribution in [0.25, 0.3) is 0 Å². The average Bonchev–Trinajstić information content (AvgIpc) is 3.40. The fraction of sp³-hybridized carbons (Fsp3) is 0.933. The van der Waals surface area contributed by atoms with Crippen LogP contribution in [0.15, 0.2) is 11.3 Å². The summed E-state index contributed by atoms with van der Waals surface area (Å²) in [7, 11) is 0. The zero-order valence-electron chi connectivity index (χ0n) is 22.9. The number of hydrogen-bond donors (Lipinski definition) is 4. The van der Waals surface area contributed by atoms with Gasteiger partial charge in [-0.15, -0.1) is 0 Å². The monoisotopic (exact) mass is 488 g/mol. The van der Waals surface area contributed by atoms with Crippen LogP contribution in [0.4, 0.5) is 0 Å². The van der Waals surface area contributed by atoms with Gasteiger partial charge in [-0.3, -0.25) is 0 Å². The lowest BCUT2D eigenvalue weighted by Gasteiger charge is -2.63. The standard InChI is InChI=1S/C30H48O5/c1-16-14-17(23(32)26(4,5)34)35-22-21(16)27(6)12-13-30-15-29(30)11-10-20(31)25(2,3)18(29)8-9-19(30)28(27,7)24(22)33/h16-20,23-24,31-34H,8-15H2,1-7H3/t16-,17-,18+,19+,20+,23+,24+,27-,28-,29-,30?/m1/s1. The van der Waals surface area contributed by atoms with E-state index in [1.807, 2.05) is 0 Å². The number of aliphatic hydroxyl groups excluding tert-OH is 3. The third-order valence-corrected chi connectivity index (χ3v) is 13.3. The van der Waals surface area contributed by atoms with Crippen LogP contribution in [0.5, 0.6) is 0 Å². The van der Waals surface area contributed by atoms with Gasteiger partial charge in [0.05, 0.1) is 11.7 Å². The van der Waals surface area contributed by atoms with Crippen LogP contribution < -0.4 is 0 Å². The largest absolute Gasteiger partial charge is 0.489 e. The van der Waals surface area contributed by atoms with E-state index in [0.717, 1.165) is 32.1 Å². The minimum absolute atomic E-state index is 0.0434. The molecule has 1 heterocycles. The van der Waals surface area contributed by atoms with Crippen LogP contribution in [-0.2, 0) is 4.74 Å². The first-order valence-electron chi connectivity index (χ1n) is 14.3. The van der Waals surface area contributed by atoms with Crippen LogP contribution in [-0.4, -0.2) is 50.4 Å². The Labute approximate surface area is 211 Å². The molecular formula is C30H48O5. The van der Waals surface area contributed by atoms with Crippen molar-refractivity contribution in [3.05, 3.63) is 11.3 Å². The van der Waals surface area contributed by atoms with Crippen molar-refractivity contribution in [3.63, 3.8) is 0 Å². The highest BCUT2D eigenvalue weighted by Gasteiger charge is 2.83. The van der Waals surface area contributed by atoms with E-state index in [4.69, 9.17) is 4.74 Å². The molecular weight excluding hydrogens is 440 g/mol. The molecule has 11 atom stereocenters. The van der Waals surface area contributed by atoms with Gasteiger partial charge in [0.15, 0.2) is 0 Å². The Kier molecular flexibility index (Phi) is 4.85. The molecule has 0 radical (unpaired) electrons. The van der Waals surface area contributed by atoms with E-state index < -0.39 is 23.9 Å². The van der Waals surface area contributed by atoms with Crippen LogP contribution in [0.1, 0.15) is 99.8 Å². The Morgan fingerprint density at radius 3 is 2.23 bits per heavy atom. The van der Waals surface area contributed by atoms with Crippen LogP contribution in [0.2, 0.25) is 0 Å². The van der Waals surface area contributed by atoms with E-state index in [1.54, 1.807) is 13.8 Å². The Morgan fingerprint density at radius 2 is 1.57 bits per heavy atom. The highest BCUT2D eigenvalue weighted by atomic mass is 16.5. The quantitative estimate of drug-likeness (QED) is 0.457. The summed E-state index contributed by atoms with van der Waals surface area (Å²) in [6.45, 7) is 14.8. The summed E-state index contributed by atoms with van der Waals surface area (Å²) in [5.41, 5.74) is 0.143. The highest BCUT2D eigenvalue weighted by Crippen LogP contribution is 2.89. The van der Waals surface area contributed by atoms with Crippen LogP contribution >= 0.6 is 0 Å². The molecule has 1 unspecified atom stereocenters. The third kappa shape index (κ3) is 2.65. The van der Waals surface area contributed by atoms with Crippen molar-refractivity contribution in [2.75, 3.05) is 0 Å². The normalized spacial score (nSPS) is 55.1. The van der Waals surface area contributed by atoms with Gasteiger partial charge in [0.2, 0.25) is 0 Å². The van der Waals surface area contributed by atoms with Crippen molar-refractivity contribution in [3.8, 4) is 0 Å². The fourth-order valence-electron chi connectivity index (χ4n) is 11.3. The fourth-order valence-corrected chi connectivity index (χ4v) is 11.3. The van der Waals surface area contributed by atoms with E-state index in [2.05, 4.69) is 34.6 Å². The molecule has 6 aliphatic rings. The van der Waals surface area contributed by atoms with Gasteiger partial charge in [0, 0.05) is 10.8 Å². The Bertz CT molecular complexity index is 964. The molecule has 35 heavy (non-hydrogen) atoms. The van der Waals surface area contributed by atoms with Crippen molar-refractivity contribution < 1.29 is 25.2 Å². The minimum Gasteiger partial charge on any atom is -0.489 e. The average molecular weight is 489 g/mol. The molecule has 5 heteroatoms. The first-order valence-corrected chi connectivity index (χ1v) is 14.3. The Hall–Kier alpha value is -0.620. The molecule has 5 nitrogen and oxygen atoms in total. The summed E-state index contributed by atoms with van der Waals surface area (Å²) >= 11 is 0. The van der Waals surface area contributed by atoms with E-state index in [1.165, 1.54) is 18.4 Å². The number of aliphatic hydroxyl groups is 4. The first kappa shape index (κ1) is 24.7. The van der Waals surface area contributed by atoms with Gasteiger partial charge in [-0.2, -0.15) is 0 Å². The van der Waals surface area contributed by atoms with Gasteiger partial charge in [0.25, 0.3) is 0 Å². The summed E-state index contributed by atoms with van der Waals surface area (Å²) in [4.78, 5) is 0. The van der Waals surface area contributed by atoms with E-state index in [9.17, 15) is 20.4 Å². The summed E-state index contributed by atoms with van der Waals surface area (Å²) < 4.78 is 6.47. The summed E-state index contributed by atoms with van der Waals surface area (Å²) in [6, 6.07) is 0. The number of hydrogen-bond acceptors (Lipinski definition) is 5. The molecule has 6 rings (SSSR count). The van der Waals surface area contributed by atoms with Gasteiger partial charge < -0.3 is 25.2 Å². The maximum atomic E-state index is 12.1. The molecule has 4 N–H and O–H groups in total. The van der Waals surface area contributed by atoms with E-state index in [-0.39, 0.29) is 33.7 Å². The lowest BCUT2D eigenvalue weighted by atomic mass is 9.41. The minimum atomic E-state index is -1.26. The predicted octanol–water partition coefficient (Wildman–Crippen LogP) is 4.56. The smallest absolute Gasteiger partial charge is 0.128 e. The molecule has 4 saturated carbocycles. The van der Waals surface area contributed by atoms with Crippen LogP contribution in [0, 0.1) is 44.8 Å². The lowest BCUT2D eigenvalue weighted by Crippen LogP contribution is -2.59. The molecule has 0 aromatic rings. The zero-order chi connectivity index (χ0) is 25.6. The van der Waals surface area contributed by atoms with Crippen molar-refractivity contribution >= 4 is 0 Å². The van der Waals surface area contributed by atoms with E-state index in [0.29, 0.717) is 29.4 Å². The number of fused-ring (bicyclic) bond motifs is 3. The molecule has 4 fully saturated rings. The van der Waals surface area contributed by atoms with Crippen molar-refractivity contribution in [2.24, 2.45) is 44.8 Å². The topological polar surface area (TPSA) is 90.2 Å². The molecule has 0 aromatic heterocycles. The number of rotatable bonds is 2. The van der Waals surface area contributed by atoms with Gasteiger partial charge in [-0.25, -0.2) is 0 Å². The highest BCUT2D eigenvalue weighted by molar-refractivity contribution is 5.42. The molecule has 2 spiro atoms.